The Morgan fingerprint density at radius 3 is 2.42 bits per heavy atom. The molecule has 0 radical (unpaired) electrons. The summed E-state index contributed by atoms with van der Waals surface area (Å²) < 4.78 is 0. The number of fused-ring (bicyclic) bond motifs is 2. The summed E-state index contributed by atoms with van der Waals surface area (Å²) in [5.74, 6) is 0.950. The highest BCUT2D eigenvalue weighted by atomic mass is 14.9. The third kappa shape index (κ3) is 6.49. The van der Waals surface area contributed by atoms with E-state index >= 15 is 0 Å². The van der Waals surface area contributed by atoms with Gasteiger partial charge >= 0.3 is 0 Å². The second-order valence-corrected chi connectivity index (χ2v) is 11.0. The Labute approximate surface area is 256 Å². The van der Waals surface area contributed by atoms with Crippen LogP contribution in [-0.2, 0) is 0 Å². The second-order valence-electron chi connectivity index (χ2n) is 11.0. The van der Waals surface area contributed by atoms with E-state index in [0.717, 1.165) is 57.5 Å². The average Bonchev–Trinajstić information content (AvgIpc) is 3.33. The third-order valence-corrected chi connectivity index (χ3v) is 8.07. The van der Waals surface area contributed by atoms with Crippen molar-refractivity contribution in [1.82, 2.24) is 4.98 Å². The molecule has 0 saturated heterocycles. The zero-order valence-corrected chi connectivity index (χ0v) is 25.8. The summed E-state index contributed by atoms with van der Waals surface area (Å²) in [4.78, 5) is 10.0. The van der Waals surface area contributed by atoms with Crippen LogP contribution in [0.15, 0.2) is 133 Å². The summed E-state index contributed by atoms with van der Waals surface area (Å²) >= 11 is 0. The quantitative estimate of drug-likeness (QED) is 0.177. The first-order valence-corrected chi connectivity index (χ1v) is 15.2. The minimum atomic E-state index is 0.131. The van der Waals surface area contributed by atoms with E-state index in [4.69, 9.17) is 9.98 Å². The van der Waals surface area contributed by atoms with Crippen LogP contribution in [0.5, 0.6) is 0 Å². The molecule has 1 atom stereocenters. The fourth-order valence-electron chi connectivity index (χ4n) is 5.58. The Bertz CT molecular complexity index is 1840. The Kier molecular flexibility index (Phi) is 9.27. The summed E-state index contributed by atoms with van der Waals surface area (Å²) in [5, 5.41) is 1.15. The van der Waals surface area contributed by atoms with Crippen LogP contribution in [0.3, 0.4) is 0 Å². The maximum absolute atomic E-state index is 5.10. The largest absolute Gasteiger partial charge is 0.233 e. The van der Waals surface area contributed by atoms with Gasteiger partial charge in [0.1, 0.15) is 0 Å². The molecule has 1 aliphatic rings. The SMILES string of the molecule is C=C/C=C\C=C(/CC)c1cc(C(=C)/C=C\CC)cc(/C(=C/C2=Nc3nc4ccccc4cc3[C@H]2C)c2ccccc2C)c1. The first kappa shape index (κ1) is 29.7. The number of aromatic nitrogens is 1. The van der Waals surface area contributed by atoms with E-state index in [0.29, 0.717) is 0 Å². The topological polar surface area (TPSA) is 25.2 Å². The van der Waals surface area contributed by atoms with Gasteiger partial charge in [-0.1, -0.05) is 113 Å². The zero-order chi connectivity index (χ0) is 30.3. The van der Waals surface area contributed by atoms with E-state index in [1.165, 1.54) is 27.8 Å². The molecular formula is C41H40N2. The molecule has 0 fully saturated rings. The number of benzene rings is 3. The molecule has 0 N–H and O–H groups in total. The van der Waals surface area contributed by atoms with Gasteiger partial charge in [-0.25, -0.2) is 9.98 Å². The summed E-state index contributed by atoms with van der Waals surface area (Å²) in [6.07, 6.45) is 16.5. The van der Waals surface area contributed by atoms with Crippen molar-refractivity contribution in [1.29, 1.82) is 0 Å². The lowest BCUT2D eigenvalue weighted by Crippen LogP contribution is -2.04. The van der Waals surface area contributed by atoms with Gasteiger partial charge in [-0.3, -0.25) is 0 Å². The van der Waals surface area contributed by atoms with Crippen LogP contribution in [0.25, 0.3) is 27.6 Å². The predicted molar refractivity (Wildman–Crippen MR) is 188 cm³/mol. The van der Waals surface area contributed by atoms with Crippen molar-refractivity contribution in [2.45, 2.75) is 46.5 Å². The first-order valence-electron chi connectivity index (χ1n) is 15.2. The van der Waals surface area contributed by atoms with Crippen molar-refractivity contribution < 1.29 is 0 Å². The molecule has 3 aromatic carbocycles. The van der Waals surface area contributed by atoms with Crippen molar-refractivity contribution >= 4 is 39.2 Å². The lowest BCUT2D eigenvalue weighted by Gasteiger charge is -2.17. The van der Waals surface area contributed by atoms with Crippen LogP contribution in [0.2, 0.25) is 0 Å². The molecule has 43 heavy (non-hydrogen) atoms. The van der Waals surface area contributed by atoms with Gasteiger partial charge in [-0.15, -0.1) is 0 Å². The summed E-state index contributed by atoms with van der Waals surface area (Å²) in [7, 11) is 0. The first-order chi connectivity index (χ1) is 20.9. The summed E-state index contributed by atoms with van der Waals surface area (Å²) in [6.45, 7) is 17.0. The number of nitrogens with zero attached hydrogens (tertiary/aromatic N) is 2. The van der Waals surface area contributed by atoms with Gasteiger partial charge in [-0.2, -0.15) is 0 Å². The maximum Gasteiger partial charge on any atom is 0.156 e. The van der Waals surface area contributed by atoms with Crippen LogP contribution in [-0.4, -0.2) is 10.7 Å². The van der Waals surface area contributed by atoms with E-state index in [1.807, 2.05) is 12.1 Å². The molecule has 0 aliphatic carbocycles. The molecule has 2 nitrogen and oxygen atoms in total. The van der Waals surface area contributed by atoms with Crippen LogP contribution < -0.4 is 0 Å². The molecule has 1 aliphatic heterocycles. The summed E-state index contributed by atoms with van der Waals surface area (Å²) in [5.41, 5.74) is 12.4. The Hall–Kier alpha value is -4.82. The number of aryl methyl sites for hydroxylation is 1. The van der Waals surface area contributed by atoms with Crippen molar-refractivity contribution in [3.05, 3.63) is 162 Å². The van der Waals surface area contributed by atoms with E-state index in [-0.39, 0.29) is 5.92 Å². The average molecular weight is 561 g/mol. The molecule has 214 valence electrons. The van der Waals surface area contributed by atoms with Gasteiger partial charge in [0.25, 0.3) is 0 Å². The van der Waals surface area contributed by atoms with E-state index in [1.54, 1.807) is 6.08 Å². The molecule has 0 saturated carbocycles. The number of rotatable bonds is 10. The molecular weight excluding hydrogens is 520 g/mol. The Morgan fingerprint density at radius 2 is 1.65 bits per heavy atom. The van der Waals surface area contributed by atoms with Crippen molar-refractivity contribution in [2.75, 3.05) is 0 Å². The van der Waals surface area contributed by atoms with Crippen LogP contribution in [0, 0.1) is 6.92 Å². The fourth-order valence-corrected chi connectivity index (χ4v) is 5.58. The summed E-state index contributed by atoms with van der Waals surface area (Å²) in [6, 6.07) is 26.0. The number of hydrogen-bond acceptors (Lipinski definition) is 2. The maximum atomic E-state index is 5.10. The van der Waals surface area contributed by atoms with Gasteiger partial charge < -0.3 is 0 Å². The highest BCUT2D eigenvalue weighted by Gasteiger charge is 2.25. The fraction of sp³-hybridized carbons (Fsp3) is 0.171. The van der Waals surface area contributed by atoms with Gasteiger partial charge in [0.15, 0.2) is 5.82 Å². The van der Waals surface area contributed by atoms with Crippen LogP contribution in [0.4, 0.5) is 5.82 Å². The smallest absolute Gasteiger partial charge is 0.156 e. The highest BCUT2D eigenvalue weighted by molar-refractivity contribution is 6.11. The van der Waals surface area contributed by atoms with Gasteiger partial charge in [0.2, 0.25) is 0 Å². The lowest BCUT2D eigenvalue weighted by atomic mass is 9.87. The number of aliphatic imine (C=N–C) groups is 1. The van der Waals surface area contributed by atoms with Crippen LogP contribution >= 0.6 is 0 Å². The minimum absolute atomic E-state index is 0.131. The minimum Gasteiger partial charge on any atom is -0.233 e. The molecule has 1 aromatic heterocycles. The van der Waals surface area contributed by atoms with Gasteiger partial charge in [0, 0.05) is 16.9 Å². The van der Waals surface area contributed by atoms with Crippen molar-refractivity contribution in [3.63, 3.8) is 0 Å². The Morgan fingerprint density at radius 1 is 0.907 bits per heavy atom. The third-order valence-electron chi connectivity index (χ3n) is 8.07. The highest BCUT2D eigenvalue weighted by Crippen LogP contribution is 2.39. The molecule has 5 rings (SSSR count). The van der Waals surface area contributed by atoms with Gasteiger partial charge in [-0.05, 0) is 101 Å². The predicted octanol–water partition coefficient (Wildman–Crippen LogP) is 11.4. The normalized spacial score (nSPS) is 15.3. The molecule has 0 spiro atoms. The van der Waals surface area contributed by atoms with Crippen LogP contribution in [0.1, 0.15) is 72.9 Å². The molecule has 0 amide bonds. The molecule has 4 aromatic rings. The Balaban J connectivity index is 1.72. The monoisotopic (exact) mass is 560 g/mol. The number of allylic oxidation sites excluding steroid dienone is 9. The zero-order valence-electron chi connectivity index (χ0n) is 25.8. The second kappa shape index (κ2) is 13.4. The number of para-hydroxylation sites is 1. The molecule has 0 bridgehead atoms. The van der Waals surface area contributed by atoms with E-state index < -0.39 is 0 Å². The molecule has 2 heteroatoms. The van der Waals surface area contributed by atoms with E-state index in [9.17, 15) is 0 Å². The molecule has 0 unspecified atom stereocenters. The molecule has 2 heterocycles. The van der Waals surface area contributed by atoms with E-state index in [2.05, 4.69) is 138 Å². The van der Waals surface area contributed by atoms with Gasteiger partial charge in [0.05, 0.1) is 11.2 Å². The number of pyridine rings is 1. The number of hydrogen-bond donors (Lipinski definition) is 0. The van der Waals surface area contributed by atoms with Crippen molar-refractivity contribution in [3.8, 4) is 0 Å². The lowest BCUT2D eigenvalue weighted by molar-refractivity contribution is 1.06. The standard InChI is InChI=1S/C41H40N2/c1-7-10-12-19-31(9-3)34-23-33(28(4)17-11-8-2)24-35(25-34)38(36-21-15-13-18-29(36)5)27-40-30(6)37-26-32-20-14-16-22-39(32)42-41(37)43-40/h7,10-27,30H,1,4,8-9H2,2-3,5-6H3/b12-10-,17-11-,31-19+,38-27-/t30-/m1/s1. The van der Waals surface area contributed by atoms with Crippen molar-refractivity contribution in [2.24, 2.45) is 4.99 Å².